The summed E-state index contributed by atoms with van der Waals surface area (Å²) in [5.41, 5.74) is 10.4. The Morgan fingerprint density at radius 1 is 1.03 bits per heavy atom. The Labute approximate surface area is 200 Å². The average molecular weight is 440 g/mol. The minimum Gasteiger partial charge on any atom is -0.317 e. The van der Waals surface area contributed by atoms with E-state index in [1.807, 2.05) is 12.1 Å². The molecule has 1 unspecified atom stereocenters. The van der Waals surface area contributed by atoms with Gasteiger partial charge in [-0.2, -0.15) is 5.26 Å². The number of allylic oxidation sites excluding steroid dienone is 5. The van der Waals surface area contributed by atoms with E-state index >= 15 is 0 Å². The molecule has 1 atom stereocenters. The molecule has 164 valence electrons. The van der Waals surface area contributed by atoms with Crippen LogP contribution < -0.4 is 0 Å². The van der Waals surface area contributed by atoms with Crippen molar-refractivity contribution < 1.29 is 0 Å². The molecule has 0 radical (unpaired) electrons. The quantitative estimate of drug-likeness (QED) is 0.332. The molecule has 0 amide bonds. The van der Waals surface area contributed by atoms with E-state index in [2.05, 4.69) is 95.4 Å². The second kappa shape index (κ2) is 8.32. The van der Waals surface area contributed by atoms with Gasteiger partial charge in [-0.25, -0.2) is 0 Å². The second-order valence-corrected chi connectivity index (χ2v) is 9.21. The molecule has 2 aliphatic carbocycles. The van der Waals surface area contributed by atoms with Gasteiger partial charge in [-0.15, -0.1) is 0 Å². The third kappa shape index (κ3) is 3.49. The van der Waals surface area contributed by atoms with Crippen molar-refractivity contribution in [3.63, 3.8) is 0 Å². The molecule has 6 rings (SSSR count). The Bertz CT molecular complexity index is 1540. The van der Waals surface area contributed by atoms with Crippen molar-refractivity contribution in [2.45, 2.75) is 26.2 Å². The van der Waals surface area contributed by atoms with E-state index in [0.29, 0.717) is 11.5 Å². The highest BCUT2D eigenvalue weighted by Crippen LogP contribution is 2.38. The molecular weight excluding hydrogens is 414 g/mol. The standard InChI is InChI=1S/C31H25N3/c1-21-12-14-28-27-10-2-3-11-30(27)34(31(28)16-21)26-9-5-7-24(18-26)23-6-4-8-25(17-23)29-15-13-22(19-32)20-33-29/h2-4,6-8,10-15,17-18,20-21H,5,9,16H2,1H3. The van der Waals surface area contributed by atoms with E-state index < -0.39 is 0 Å². The van der Waals surface area contributed by atoms with Crippen molar-refractivity contribution in [1.29, 1.82) is 5.26 Å². The zero-order chi connectivity index (χ0) is 23.1. The van der Waals surface area contributed by atoms with Crippen LogP contribution in [-0.4, -0.2) is 9.55 Å². The number of rotatable bonds is 3. The zero-order valence-corrected chi connectivity index (χ0v) is 19.2. The van der Waals surface area contributed by atoms with E-state index in [9.17, 15) is 0 Å². The summed E-state index contributed by atoms with van der Waals surface area (Å²) >= 11 is 0. The highest BCUT2D eigenvalue weighted by Gasteiger charge is 2.22. The van der Waals surface area contributed by atoms with Gasteiger partial charge in [-0.1, -0.05) is 61.5 Å². The molecule has 0 saturated heterocycles. The van der Waals surface area contributed by atoms with Crippen LogP contribution in [0.1, 0.15) is 42.1 Å². The van der Waals surface area contributed by atoms with Crippen LogP contribution in [0.25, 0.3) is 39.5 Å². The van der Waals surface area contributed by atoms with E-state index in [1.165, 1.54) is 39.0 Å². The van der Waals surface area contributed by atoms with E-state index in [4.69, 9.17) is 5.26 Å². The van der Waals surface area contributed by atoms with Crippen molar-refractivity contribution in [1.82, 2.24) is 9.55 Å². The minimum atomic E-state index is 0.548. The lowest BCUT2D eigenvalue weighted by atomic mass is 9.93. The molecule has 2 aromatic carbocycles. The van der Waals surface area contributed by atoms with Gasteiger partial charge < -0.3 is 4.57 Å². The van der Waals surface area contributed by atoms with Crippen LogP contribution in [0.2, 0.25) is 0 Å². The molecule has 0 fully saturated rings. The van der Waals surface area contributed by atoms with E-state index in [0.717, 1.165) is 30.5 Å². The molecule has 0 N–H and O–H groups in total. The summed E-state index contributed by atoms with van der Waals surface area (Å²) in [7, 11) is 0. The highest BCUT2D eigenvalue weighted by molar-refractivity contribution is 5.95. The molecule has 0 spiro atoms. The van der Waals surface area contributed by atoms with E-state index in [-0.39, 0.29) is 0 Å². The largest absolute Gasteiger partial charge is 0.317 e. The maximum atomic E-state index is 9.06. The van der Waals surface area contributed by atoms with Crippen LogP contribution in [0.5, 0.6) is 0 Å². The van der Waals surface area contributed by atoms with Crippen molar-refractivity contribution >= 4 is 28.2 Å². The number of nitrogens with zero attached hydrogens (tertiary/aromatic N) is 3. The molecule has 4 aromatic rings. The number of aromatic nitrogens is 2. The van der Waals surface area contributed by atoms with Gasteiger partial charge in [-0.3, -0.25) is 4.98 Å². The summed E-state index contributed by atoms with van der Waals surface area (Å²) in [6, 6.07) is 23.2. The van der Waals surface area contributed by atoms with Crippen molar-refractivity contribution in [3.05, 3.63) is 107 Å². The maximum Gasteiger partial charge on any atom is 0.101 e. The summed E-state index contributed by atoms with van der Waals surface area (Å²) in [6.07, 6.45) is 14.1. The SMILES string of the molecule is CC1C=Cc2c(n(C3=CC(c4cccc(-c5ccc(C#N)cn5)c4)=CCC3)c3ccccc23)C1. The minimum absolute atomic E-state index is 0.548. The lowest BCUT2D eigenvalue weighted by molar-refractivity contribution is 0.689. The monoisotopic (exact) mass is 439 g/mol. The third-order valence-corrected chi connectivity index (χ3v) is 6.88. The Morgan fingerprint density at radius 3 is 2.76 bits per heavy atom. The number of pyridine rings is 1. The van der Waals surface area contributed by atoms with Crippen LogP contribution in [0.15, 0.2) is 85.1 Å². The van der Waals surface area contributed by atoms with E-state index in [1.54, 1.807) is 6.20 Å². The molecule has 34 heavy (non-hydrogen) atoms. The summed E-state index contributed by atoms with van der Waals surface area (Å²) in [5.74, 6) is 0.548. The first-order valence-corrected chi connectivity index (χ1v) is 11.9. The summed E-state index contributed by atoms with van der Waals surface area (Å²) < 4.78 is 2.52. The van der Waals surface area contributed by atoms with Gasteiger partial charge in [-0.05, 0) is 66.7 Å². The van der Waals surface area contributed by atoms with Crippen LogP contribution >= 0.6 is 0 Å². The summed E-state index contributed by atoms with van der Waals surface area (Å²) in [6.45, 7) is 2.30. The Morgan fingerprint density at radius 2 is 1.91 bits per heavy atom. The molecule has 0 aliphatic heterocycles. The van der Waals surface area contributed by atoms with Crippen molar-refractivity contribution in [2.24, 2.45) is 5.92 Å². The molecular formula is C31H25N3. The molecule has 3 heteroatoms. The molecule has 0 bridgehead atoms. The third-order valence-electron chi connectivity index (χ3n) is 6.88. The predicted octanol–water partition coefficient (Wildman–Crippen LogP) is 7.50. The number of hydrogen-bond donors (Lipinski definition) is 0. The van der Waals surface area contributed by atoms with Gasteiger partial charge in [0.25, 0.3) is 0 Å². The van der Waals surface area contributed by atoms with Gasteiger partial charge in [0, 0.05) is 34.1 Å². The molecule has 3 nitrogen and oxygen atoms in total. The fourth-order valence-electron chi connectivity index (χ4n) is 5.22. The first-order valence-electron chi connectivity index (χ1n) is 11.9. The van der Waals surface area contributed by atoms with Crippen LogP contribution in [-0.2, 0) is 6.42 Å². The van der Waals surface area contributed by atoms with Gasteiger partial charge in [0.2, 0.25) is 0 Å². The molecule has 0 saturated carbocycles. The Kier molecular flexibility index (Phi) is 5.00. The van der Waals surface area contributed by atoms with Crippen molar-refractivity contribution in [3.8, 4) is 17.3 Å². The first-order chi connectivity index (χ1) is 16.7. The van der Waals surface area contributed by atoms with Gasteiger partial charge in [0.05, 0.1) is 16.8 Å². The van der Waals surface area contributed by atoms with Crippen molar-refractivity contribution in [2.75, 3.05) is 0 Å². The van der Waals surface area contributed by atoms with Gasteiger partial charge >= 0.3 is 0 Å². The topological polar surface area (TPSA) is 41.6 Å². The number of benzene rings is 2. The predicted molar refractivity (Wildman–Crippen MR) is 140 cm³/mol. The normalized spacial score (nSPS) is 17.1. The van der Waals surface area contributed by atoms with Gasteiger partial charge in [0.1, 0.15) is 6.07 Å². The molecule has 2 aliphatic rings. The highest BCUT2D eigenvalue weighted by atomic mass is 15.0. The van der Waals surface area contributed by atoms with Gasteiger partial charge in [0.15, 0.2) is 0 Å². The van der Waals surface area contributed by atoms with Crippen LogP contribution in [0.4, 0.5) is 0 Å². The maximum absolute atomic E-state index is 9.06. The lowest BCUT2D eigenvalue weighted by Gasteiger charge is -2.22. The number of para-hydroxylation sites is 1. The average Bonchev–Trinajstić information content (AvgIpc) is 3.22. The fourth-order valence-corrected chi connectivity index (χ4v) is 5.22. The summed E-state index contributed by atoms with van der Waals surface area (Å²) in [4.78, 5) is 4.48. The number of fused-ring (bicyclic) bond motifs is 3. The number of hydrogen-bond acceptors (Lipinski definition) is 2. The fraction of sp³-hybridized carbons (Fsp3) is 0.161. The Hall–Kier alpha value is -4.16. The number of nitriles is 1. The molecule has 2 aromatic heterocycles. The van der Waals surface area contributed by atoms with Crippen LogP contribution in [0, 0.1) is 17.2 Å². The first kappa shape index (κ1) is 20.4. The second-order valence-electron chi connectivity index (χ2n) is 9.21. The lowest BCUT2D eigenvalue weighted by Crippen LogP contribution is -2.10. The summed E-state index contributed by atoms with van der Waals surface area (Å²) in [5, 5.41) is 10.4. The van der Waals surface area contributed by atoms with Crippen LogP contribution in [0.3, 0.4) is 0 Å². The smallest absolute Gasteiger partial charge is 0.101 e. The zero-order valence-electron chi connectivity index (χ0n) is 19.2. The Balaban J connectivity index is 1.42. The molecule has 2 heterocycles.